The van der Waals surface area contributed by atoms with E-state index in [1.54, 1.807) is 17.1 Å². The van der Waals surface area contributed by atoms with Crippen LogP contribution in [0.25, 0.3) is 0 Å². The Kier molecular flexibility index (Phi) is 6.38. The van der Waals surface area contributed by atoms with E-state index in [9.17, 15) is 8.42 Å². The van der Waals surface area contributed by atoms with Crippen LogP contribution in [0.4, 0.5) is 17.5 Å². The summed E-state index contributed by atoms with van der Waals surface area (Å²) >= 11 is 6.30. The number of anilines is 3. The van der Waals surface area contributed by atoms with Gasteiger partial charge in [0.25, 0.3) is 0 Å². The largest absolute Gasteiger partial charge is 0.373 e. The molecule has 0 aliphatic carbocycles. The Balaban J connectivity index is 1.41. The number of rotatable bonds is 8. The molecule has 4 rings (SSSR count). The molecule has 2 unspecified atom stereocenters. The summed E-state index contributed by atoms with van der Waals surface area (Å²) in [4.78, 5) is 8.66. The average molecular weight is 471 g/mol. The number of sulfone groups is 1. The van der Waals surface area contributed by atoms with Gasteiger partial charge in [0.2, 0.25) is 5.95 Å². The van der Waals surface area contributed by atoms with Gasteiger partial charge < -0.3 is 20.1 Å². The number of hydrogen-bond donors (Lipinski definition) is 2. The Hall–Kier alpha value is -1.95. The molecule has 10 nitrogen and oxygen atoms in total. The Morgan fingerprint density at radius 1 is 1.26 bits per heavy atom. The second-order valence-electron chi connectivity index (χ2n) is 8.50. The molecule has 4 heterocycles. The van der Waals surface area contributed by atoms with Gasteiger partial charge in [0.05, 0.1) is 54.9 Å². The standard InChI is InChI=1S/C19H27ClN6O4S/c1-11(2)9-31(27,28)10-12-7-29-17-15(8-30-16(12)17)24-18-14(20)5-21-19(25-18)23-13-4-22-26(3)6-13/h4-6,11-12,15-17H,7-10H2,1-3H3,(H2,21,23,24,25)/t12-,15+,16?,17?/m1/s1. The summed E-state index contributed by atoms with van der Waals surface area (Å²) in [6.45, 7) is 4.54. The van der Waals surface area contributed by atoms with Crippen molar-refractivity contribution >= 4 is 38.9 Å². The molecular weight excluding hydrogens is 444 g/mol. The fraction of sp³-hybridized carbons (Fsp3) is 0.632. The van der Waals surface area contributed by atoms with Gasteiger partial charge in [0.1, 0.15) is 11.1 Å². The second kappa shape index (κ2) is 8.89. The van der Waals surface area contributed by atoms with E-state index in [-0.39, 0.29) is 41.6 Å². The molecule has 170 valence electrons. The van der Waals surface area contributed by atoms with Crippen LogP contribution in [0.1, 0.15) is 13.8 Å². The lowest BCUT2D eigenvalue weighted by Crippen LogP contribution is -2.36. The van der Waals surface area contributed by atoms with Gasteiger partial charge in [-0.05, 0) is 5.92 Å². The topological polar surface area (TPSA) is 120 Å². The minimum atomic E-state index is -3.16. The Morgan fingerprint density at radius 3 is 2.74 bits per heavy atom. The van der Waals surface area contributed by atoms with Gasteiger partial charge in [-0.3, -0.25) is 4.68 Å². The highest BCUT2D eigenvalue weighted by Crippen LogP contribution is 2.34. The number of aryl methyl sites for hydroxylation is 1. The van der Waals surface area contributed by atoms with Crippen molar-refractivity contribution in [3.63, 3.8) is 0 Å². The van der Waals surface area contributed by atoms with Crippen molar-refractivity contribution in [2.75, 3.05) is 35.4 Å². The summed E-state index contributed by atoms with van der Waals surface area (Å²) in [5.74, 6) is 0.996. The van der Waals surface area contributed by atoms with Crippen LogP contribution in [0.2, 0.25) is 5.02 Å². The van der Waals surface area contributed by atoms with Crippen molar-refractivity contribution in [1.29, 1.82) is 0 Å². The van der Waals surface area contributed by atoms with E-state index in [1.807, 2.05) is 20.9 Å². The molecule has 2 aliphatic rings. The number of ether oxygens (including phenoxy) is 2. The highest BCUT2D eigenvalue weighted by atomic mass is 35.5. The zero-order valence-corrected chi connectivity index (χ0v) is 19.2. The van der Waals surface area contributed by atoms with Gasteiger partial charge in [-0.25, -0.2) is 13.4 Å². The highest BCUT2D eigenvalue weighted by molar-refractivity contribution is 7.91. The lowest BCUT2D eigenvalue weighted by atomic mass is 10.0. The fourth-order valence-corrected chi connectivity index (χ4v) is 6.30. The minimum absolute atomic E-state index is 0.0759. The molecule has 2 fully saturated rings. The van der Waals surface area contributed by atoms with Crippen molar-refractivity contribution in [3.8, 4) is 0 Å². The lowest BCUT2D eigenvalue weighted by Gasteiger charge is -2.19. The van der Waals surface area contributed by atoms with Crippen LogP contribution in [-0.4, -0.2) is 71.1 Å². The average Bonchev–Trinajstić information content (AvgIpc) is 3.36. The van der Waals surface area contributed by atoms with E-state index < -0.39 is 9.84 Å². The second-order valence-corrected chi connectivity index (χ2v) is 11.1. The third-order valence-corrected chi connectivity index (χ3v) is 7.63. The highest BCUT2D eigenvalue weighted by Gasteiger charge is 2.49. The number of hydrogen-bond acceptors (Lipinski definition) is 9. The van der Waals surface area contributed by atoms with Crippen molar-refractivity contribution < 1.29 is 17.9 Å². The molecule has 2 aliphatic heterocycles. The quantitative estimate of drug-likeness (QED) is 0.595. The van der Waals surface area contributed by atoms with Crippen LogP contribution in [0.15, 0.2) is 18.6 Å². The van der Waals surface area contributed by atoms with E-state index >= 15 is 0 Å². The van der Waals surface area contributed by atoms with E-state index in [2.05, 4.69) is 25.7 Å². The van der Waals surface area contributed by atoms with E-state index in [0.29, 0.717) is 30.0 Å². The van der Waals surface area contributed by atoms with Gasteiger partial charge in [-0.1, -0.05) is 25.4 Å². The molecular formula is C19H27ClN6O4S. The predicted molar refractivity (Wildman–Crippen MR) is 117 cm³/mol. The lowest BCUT2D eigenvalue weighted by molar-refractivity contribution is 0.0656. The molecule has 2 N–H and O–H groups in total. The zero-order valence-electron chi connectivity index (χ0n) is 17.7. The van der Waals surface area contributed by atoms with E-state index in [0.717, 1.165) is 5.69 Å². The fourth-order valence-electron chi connectivity index (χ4n) is 4.07. The van der Waals surface area contributed by atoms with E-state index in [4.69, 9.17) is 21.1 Å². The molecule has 0 bridgehead atoms. The van der Waals surface area contributed by atoms with Crippen LogP contribution in [0.3, 0.4) is 0 Å². The molecule has 4 atom stereocenters. The number of halogens is 1. The van der Waals surface area contributed by atoms with Gasteiger partial charge >= 0.3 is 0 Å². The van der Waals surface area contributed by atoms with Gasteiger partial charge in [-0.2, -0.15) is 10.1 Å². The van der Waals surface area contributed by atoms with Crippen molar-refractivity contribution in [3.05, 3.63) is 23.6 Å². The summed E-state index contributed by atoms with van der Waals surface area (Å²) in [6, 6.07) is -0.193. The molecule has 0 aromatic carbocycles. The third-order valence-electron chi connectivity index (χ3n) is 5.24. The molecule has 0 spiro atoms. The monoisotopic (exact) mass is 470 g/mol. The molecule has 31 heavy (non-hydrogen) atoms. The Morgan fingerprint density at radius 2 is 2.03 bits per heavy atom. The van der Waals surface area contributed by atoms with E-state index in [1.165, 1.54) is 6.20 Å². The maximum absolute atomic E-state index is 12.4. The minimum Gasteiger partial charge on any atom is -0.373 e. The van der Waals surface area contributed by atoms with Crippen molar-refractivity contribution in [1.82, 2.24) is 19.7 Å². The van der Waals surface area contributed by atoms with Gasteiger partial charge in [-0.15, -0.1) is 0 Å². The third kappa shape index (κ3) is 5.28. The maximum atomic E-state index is 12.4. The molecule has 0 amide bonds. The van der Waals surface area contributed by atoms with Crippen LogP contribution in [0, 0.1) is 11.8 Å². The Bertz CT molecular complexity index is 1030. The first-order chi connectivity index (χ1) is 14.7. The van der Waals surface area contributed by atoms with Crippen LogP contribution >= 0.6 is 11.6 Å². The number of aromatic nitrogens is 4. The van der Waals surface area contributed by atoms with Gasteiger partial charge in [0.15, 0.2) is 15.7 Å². The number of fused-ring (bicyclic) bond motifs is 1. The summed E-state index contributed by atoms with van der Waals surface area (Å²) in [5, 5.41) is 10.8. The zero-order chi connectivity index (χ0) is 22.2. The first kappa shape index (κ1) is 22.3. The SMILES string of the molecule is CC(C)CS(=O)(=O)C[C@H]1COC2C1OC[C@@H]2Nc1nc(Nc2cnn(C)c2)ncc1Cl. The molecule has 0 radical (unpaired) electrons. The first-order valence-electron chi connectivity index (χ1n) is 10.2. The smallest absolute Gasteiger partial charge is 0.229 e. The molecule has 2 aromatic rings. The van der Waals surface area contributed by atoms with Crippen LogP contribution < -0.4 is 10.6 Å². The summed E-state index contributed by atoms with van der Waals surface area (Å²) in [6.07, 6.45) is 4.45. The molecule has 2 saturated heterocycles. The van der Waals surface area contributed by atoms with Crippen LogP contribution in [0.5, 0.6) is 0 Å². The molecule has 12 heteroatoms. The van der Waals surface area contributed by atoms with Crippen LogP contribution in [-0.2, 0) is 26.4 Å². The number of nitrogens with zero attached hydrogens (tertiary/aromatic N) is 4. The molecule has 2 aromatic heterocycles. The van der Waals surface area contributed by atoms with Gasteiger partial charge in [0, 0.05) is 19.2 Å². The van der Waals surface area contributed by atoms with Crippen molar-refractivity contribution in [2.24, 2.45) is 18.9 Å². The molecule has 0 saturated carbocycles. The summed E-state index contributed by atoms with van der Waals surface area (Å²) in [5.41, 5.74) is 0.754. The summed E-state index contributed by atoms with van der Waals surface area (Å²) in [7, 11) is -1.34. The maximum Gasteiger partial charge on any atom is 0.229 e. The number of nitrogens with one attached hydrogen (secondary N) is 2. The van der Waals surface area contributed by atoms with Crippen molar-refractivity contribution in [2.45, 2.75) is 32.1 Å². The summed E-state index contributed by atoms with van der Waals surface area (Å²) < 4.78 is 38.4. The first-order valence-corrected chi connectivity index (χ1v) is 12.4. The Labute approximate surface area is 186 Å². The normalized spacial score (nSPS) is 25.7. The predicted octanol–water partition coefficient (Wildman–Crippen LogP) is 1.87.